The van der Waals surface area contributed by atoms with E-state index in [2.05, 4.69) is 16.3 Å². The van der Waals surface area contributed by atoms with Crippen molar-refractivity contribution in [2.45, 2.75) is 13.0 Å². The average Bonchev–Trinajstić information content (AvgIpc) is 2.48. The van der Waals surface area contributed by atoms with Gasteiger partial charge >= 0.3 is 0 Å². The molecule has 6 heteroatoms. The summed E-state index contributed by atoms with van der Waals surface area (Å²) < 4.78 is 0. The fourth-order valence-corrected chi connectivity index (χ4v) is 1.57. The van der Waals surface area contributed by atoms with E-state index in [1.807, 2.05) is 11.9 Å². The summed E-state index contributed by atoms with van der Waals surface area (Å²) in [5, 5.41) is 17.3. The monoisotopic (exact) mass is 197 g/mol. The zero-order valence-corrected chi connectivity index (χ0v) is 8.21. The van der Waals surface area contributed by atoms with Crippen LogP contribution in [-0.4, -0.2) is 28.7 Å². The number of hydrogen-bond donors (Lipinski definition) is 1. The fourth-order valence-electron chi connectivity index (χ4n) is 0.881. The van der Waals surface area contributed by atoms with Crippen LogP contribution in [0.5, 0.6) is 0 Å². The molecule has 0 saturated carbocycles. The Balaban J connectivity index is 2.37. The Morgan fingerprint density at radius 1 is 1.62 bits per heavy atom. The first-order chi connectivity index (χ1) is 6.22. The predicted molar refractivity (Wildman–Crippen MR) is 50.9 cm³/mol. The lowest BCUT2D eigenvalue weighted by atomic mass is 10.4. The van der Waals surface area contributed by atoms with Crippen LogP contribution in [0.2, 0.25) is 0 Å². The van der Waals surface area contributed by atoms with Gasteiger partial charge in [0.2, 0.25) is 5.13 Å². The Hall–Kier alpha value is -1.19. The molecule has 1 aromatic heterocycles. The van der Waals surface area contributed by atoms with Crippen molar-refractivity contribution < 1.29 is 0 Å². The molecule has 1 rings (SSSR count). The van der Waals surface area contributed by atoms with E-state index in [0.29, 0.717) is 18.1 Å². The van der Waals surface area contributed by atoms with E-state index in [4.69, 9.17) is 11.0 Å². The highest BCUT2D eigenvalue weighted by Gasteiger charge is 2.04. The summed E-state index contributed by atoms with van der Waals surface area (Å²) in [6.45, 7) is 1.45. The fraction of sp³-hybridized carbons (Fsp3) is 0.571. The number of nitriles is 1. The van der Waals surface area contributed by atoms with Crippen LogP contribution >= 0.6 is 11.3 Å². The van der Waals surface area contributed by atoms with E-state index in [9.17, 15) is 0 Å². The van der Waals surface area contributed by atoms with Crippen molar-refractivity contribution >= 4 is 16.5 Å². The number of rotatable bonds is 4. The maximum Gasteiger partial charge on any atom is 0.203 e. The largest absolute Gasteiger partial charge is 0.374 e. The second kappa shape index (κ2) is 4.74. The molecule has 13 heavy (non-hydrogen) atoms. The summed E-state index contributed by atoms with van der Waals surface area (Å²) in [4.78, 5) is 2.02. The quantitative estimate of drug-likeness (QED) is 0.758. The third-order valence-electron chi connectivity index (χ3n) is 1.49. The topological polar surface area (TPSA) is 78.8 Å². The molecule has 70 valence electrons. The van der Waals surface area contributed by atoms with Gasteiger partial charge in [-0.2, -0.15) is 5.26 Å². The molecule has 0 aromatic carbocycles. The van der Waals surface area contributed by atoms with Gasteiger partial charge in [0.1, 0.15) is 5.01 Å². The molecule has 1 heterocycles. The standard InChI is InChI=1S/C7H11N5S/c1-12(4-2-3-8)5-6-10-11-7(9)13-6/h2,4-5H2,1H3,(H2,9,11). The van der Waals surface area contributed by atoms with Crippen LogP contribution in [0.3, 0.4) is 0 Å². The molecule has 0 spiro atoms. The van der Waals surface area contributed by atoms with Gasteiger partial charge in [0.15, 0.2) is 0 Å². The van der Waals surface area contributed by atoms with Crippen LogP contribution < -0.4 is 5.73 Å². The highest BCUT2D eigenvalue weighted by atomic mass is 32.1. The Kier molecular flexibility index (Phi) is 3.61. The van der Waals surface area contributed by atoms with E-state index < -0.39 is 0 Å². The van der Waals surface area contributed by atoms with Gasteiger partial charge in [-0.15, -0.1) is 10.2 Å². The van der Waals surface area contributed by atoms with Gasteiger partial charge in [-0.1, -0.05) is 11.3 Å². The molecule has 0 bridgehead atoms. The van der Waals surface area contributed by atoms with Gasteiger partial charge in [-0.3, -0.25) is 4.90 Å². The molecule has 0 radical (unpaired) electrons. The third kappa shape index (κ3) is 3.36. The molecule has 5 nitrogen and oxygen atoms in total. The highest BCUT2D eigenvalue weighted by molar-refractivity contribution is 7.15. The number of anilines is 1. The van der Waals surface area contributed by atoms with Crippen molar-refractivity contribution in [3.63, 3.8) is 0 Å². The zero-order valence-electron chi connectivity index (χ0n) is 7.40. The molecule has 0 atom stereocenters. The minimum absolute atomic E-state index is 0.490. The Morgan fingerprint density at radius 3 is 2.92 bits per heavy atom. The van der Waals surface area contributed by atoms with Crippen LogP contribution in [0.15, 0.2) is 0 Å². The summed E-state index contributed by atoms with van der Waals surface area (Å²) >= 11 is 1.38. The van der Waals surface area contributed by atoms with E-state index in [0.717, 1.165) is 11.6 Å². The van der Waals surface area contributed by atoms with Gasteiger partial charge in [0.25, 0.3) is 0 Å². The second-order valence-electron chi connectivity index (χ2n) is 2.68. The first kappa shape index (κ1) is 9.89. The molecular formula is C7H11N5S. The summed E-state index contributed by atoms with van der Waals surface area (Å²) in [7, 11) is 1.94. The number of hydrogen-bond acceptors (Lipinski definition) is 6. The van der Waals surface area contributed by atoms with E-state index in [1.165, 1.54) is 11.3 Å². The van der Waals surface area contributed by atoms with Crippen molar-refractivity contribution in [1.82, 2.24) is 15.1 Å². The van der Waals surface area contributed by atoms with E-state index >= 15 is 0 Å². The zero-order chi connectivity index (χ0) is 9.68. The van der Waals surface area contributed by atoms with Crippen LogP contribution in [-0.2, 0) is 6.54 Å². The highest BCUT2D eigenvalue weighted by Crippen LogP contribution is 2.12. The third-order valence-corrected chi connectivity index (χ3v) is 2.23. The smallest absolute Gasteiger partial charge is 0.203 e. The minimum Gasteiger partial charge on any atom is -0.374 e. The number of nitrogen functional groups attached to an aromatic ring is 1. The molecule has 1 aromatic rings. The number of nitrogens with zero attached hydrogens (tertiary/aromatic N) is 4. The lowest BCUT2D eigenvalue weighted by Crippen LogP contribution is -2.18. The first-order valence-corrected chi connectivity index (χ1v) is 4.67. The summed E-state index contributed by atoms with van der Waals surface area (Å²) in [5.74, 6) is 0. The number of aromatic nitrogens is 2. The summed E-state index contributed by atoms with van der Waals surface area (Å²) in [6, 6.07) is 2.09. The van der Waals surface area contributed by atoms with Crippen LogP contribution in [0.1, 0.15) is 11.4 Å². The number of nitrogens with two attached hydrogens (primary N) is 1. The minimum atomic E-state index is 0.490. The van der Waals surface area contributed by atoms with Gasteiger partial charge in [-0.25, -0.2) is 0 Å². The molecule has 0 amide bonds. The maximum atomic E-state index is 8.36. The van der Waals surface area contributed by atoms with E-state index in [-0.39, 0.29) is 0 Å². The van der Waals surface area contributed by atoms with Crippen molar-refractivity contribution in [1.29, 1.82) is 5.26 Å². The van der Waals surface area contributed by atoms with E-state index in [1.54, 1.807) is 0 Å². The first-order valence-electron chi connectivity index (χ1n) is 3.85. The summed E-state index contributed by atoms with van der Waals surface area (Å²) in [5.41, 5.74) is 5.43. The average molecular weight is 197 g/mol. The Morgan fingerprint density at radius 2 is 2.38 bits per heavy atom. The molecule has 0 fully saturated rings. The van der Waals surface area contributed by atoms with Gasteiger partial charge in [0.05, 0.1) is 12.6 Å². The predicted octanol–water partition coefficient (Wildman–Crippen LogP) is 0.466. The maximum absolute atomic E-state index is 8.36. The lowest BCUT2D eigenvalue weighted by Gasteiger charge is -2.11. The van der Waals surface area contributed by atoms with Crippen LogP contribution in [0, 0.1) is 11.3 Å². The lowest BCUT2D eigenvalue weighted by molar-refractivity contribution is 0.333. The molecule has 0 aliphatic carbocycles. The van der Waals surface area contributed by atoms with Gasteiger partial charge < -0.3 is 5.73 Å². The normalized spacial score (nSPS) is 10.2. The Labute approximate surface area is 80.8 Å². The molecule has 0 saturated heterocycles. The molecule has 0 aliphatic heterocycles. The Bertz CT molecular complexity index is 302. The molecule has 2 N–H and O–H groups in total. The SMILES string of the molecule is CN(CCC#N)Cc1nnc(N)s1. The van der Waals surface area contributed by atoms with Gasteiger partial charge in [-0.05, 0) is 7.05 Å². The van der Waals surface area contributed by atoms with Crippen LogP contribution in [0.25, 0.3) is 0 Å². The molecular weight excluding hydrogens is 186 g/mol. The van der Waals surface area contributed by atoms with Crippen molar-refractivity contribution in [2.75, 3.05) is 19.3 Å². The second-order valence-corrected chi connectivity index (χ2v) is 3.77. The van der Waals surface area contributed by atoms with Crippen molar-refractivity contribution in [3.8, 4) is 6.07 Å². The van der Waals surface area contributed by atoms with Gasteiger partial charge in [0, 0.05) is 13.0 Å². The molecule has 0 unspecified atom stereocenters. The van der Waals surface area contributed by atoms with Crippen LogP contribution in [0.4, 0.5) is 5.13 Å². The molecule has 0 aliphatic rings. The summed E-state index contributed by atoms with van der Waals surface area (Å²) in [6.07, 6.45) is 0.533. The van der Waals surface area contributed by atoms with Crippen molar-refractivity contribution in [3.05, 3.63) is 5.01 Å². The van der Waals surface area contributed by atoms with Crippen molar-refractivity contribution in [2.24, 2.45) is 0 Å².